The zero-order chi connectivity index (χ0) is 32.4. The Bertz CT molecular complexity index is 1520. The van der Waals surface area contributed by atoms with Crippen LogP contribution < -0.4 is 20.7 Å². The molecular weight excluding hydrogens is 634 g/mol. The molecule has 0 atom stereocenters. The Morgan fingerprint density at radius 3 is 2.39 bits per heavy atom. The highest BCUT2D eigenvalue weighted by Crippen LogP contribution is 2.38. The quantitative estimate of drug-likeness (QED) is 0.180. The van der Waals surface area contributed by atoms with Crippen molar-refractivity contribution in [3.63, 3.8) is 0 Å². The first-order chi connectivity index (χ1) is 20.5. The minimum atomic E-state index is -4.30. The van der Waals surface area contributed by atoms with Crippen molar-refractivity contribution in [2.75, 3.05) is 11.9 Å². The number of anilines is 2. The predicted molar refractivity (Wildman–Crippen MR) is 156 cm³/mol. The molecule has 1 aromatic carbocycles. The second kappa shape index (κ2) is 13.3. The maximum absolute atomic E-state index is 13.1. The third-order valence-corrected chi connectivity index (χ3v) is 7.83. The summed E-state index contributed by atoms with van der Waals surface area (Å²) in [7, 11) is 0. The number of amides is 2. The number of carbonyl (C=O) groups excluding carboxylic acids is 2. The van der Waals surface area contributed by atoms with Crippen molar-refractivity contribution in [2.24, 2.45) is 11.3 Å². The molecule has 240 valence electrons. The van der Waals surface area contributed by atoms with Gasteiger partial charge in [-0.15, -0.1) is 0 Å². The molecule has 1 aliphatic carbocycles. The minimum absolute atomic E-state index is 0.0832. The summed E-state index contributed by atoms with van der Waals surface area (Å²) in [5.41, 5.74) is 0.250. The van der Waals surface area contributed by atoms with Crippen LogP contribution in [0.15, 0.2) is 18.2 Å². The van der Waals surface area contributed by atoms with E-state index in [2.05, 4.69) is 30.9 Å². The number of ether oxygens (including phenoxy) is 1. The van der Waals surface area contributed by atoms with E-state index in [4.69, 9.17) is 27.9 Å². The molecule has 9 nitrogen and oxygen atoms in total. The van der Waals surface area contributed by atoms with Crippen LogP contribution in [0.2, 0.25) is 10.0 Å². The Morgan fingerprint density at radius 1 is 1.09 bits per heavy atom. The molecule has 0 saturated heterocycles. The fourth-order valence-electron chi connectivity index (χ4n) is 4.63. The Balaban J connectivity index is 1.56. The molecule has 4 N–H and O–H groups in total. The van der Waals surface area contributed by atoms with Crippen molar-refractivity contribution in [2.45, 2.75) is 71.6 Å². The van der Waals surface area contributed by atoms with E-state index in [9.17, 15) is 31.5 Å². The summed E-state index contributed by atoms with van der Waals surface area (Å²) in [6.45, 7) is 4.41. The lowest BCUT2D eigenvalue weighted by Gasteiger charge is -2.30. The van der Waals surface area contributed by atoms with Crippen LogP contribution in [0.5, 0.6) is 5.88 Å². The Hall–Kier alpha value is -3.39. The summed E-state index contributed by atoms with van der Waals surface area (Å²) in [6, 6.07) is 3.98. The van der Waals surface area contributed by atoms with Gasteiger partial charge in [-0.3, -0.25) is 9.59 Å². The molecule has 1 fully saturated rings. The van der Waals surface area contributed by atoms with Gasteiger partial charge in [0, 0.05) is 18.0 Å². The number of aromatic amines is 1. The standard InChI is InChI=1S/C28H31Cl2F5N6O3/c1-27(2,3)25(43)36-11-13-4-9-17(29)21(20(13)30)39-26-38-18-10-16(24(40-22(18)41-26)44-12-19(31)32)23(42)37-15-7-5-14(6-8-15)28(33,34)35/h4,9-10,14-15,19H,5-8,11-12H2,1-3H3,(H,36,43)(H,37,42)(H2,38,39,40,41)/t14-,15-. The van der Waals surface area contributed by atoms with E-state index < -0.39 is 48.4 Å². The first-order valence-corrected chi connectivity index (χ1v) is 14.5. The third kappa shape index (κ3) is 8.20. The largest absolute Gasteiger partial charge is 0.471 e. The fraction of sp³-hybridized carbons (Fsp3) is 0.500. The van der Waals surface area contributed by atoms with Gasteiger partial charge in [0.25, 0.3) is 12.3 Å². The predicted octanol–water partition coefficient (Wildman–Crippen LogP) is 7.17. The van der Waals surface area contributed by atoms with E-state index in [0.717, 1.165) is 0 Å². The van der Waals surface area contributed by atoms with E-state index in [1.807, 2.05) is 0 Å². The SMILES string of the molecule is CC(C)(C)C(=O)NCc1ccc(Cl)c(Nc2nc3cc(C(=O)N[C@H]4CC[C@H](C(F)(F)F)CC4)c(OCC(F)F)nc3[nH]2)c1Cl. The maximum Gasteiger partial charge on any atom is 0.391 e. The van der Waals surface area contributed by atoms with Gasteiger partial charge in [-0.2, -0.15) is 18.2 Å². The highest BCUT2D eigenvalue weighted by Gasteiger charge is 2.41. The number of nitrogens with one attached hydrogen (secondary N) is 4. The Labute approximate surface area is 259 Å². The van der Waals surface area contributed by atoms with Crippen molar-refractivity contribution in [3.05, 3.63) is 39.4 Å². The van der Waals surface area contributed by atoms with Gasteiger partial charge in [-0.1, -0.05) is 50.0 Å². The van der Waals surface area contributed by atoms with Crippen molar-refractivity contribution < 1.29 is 36.3 Å². The van der Waals surface area contributed by atoms with Crippen LogP contribution in [0.25, 0.3) is 11.2 Å². The molecular formula is C28H31Cl2F5N6O3. The highest BCUT2D eigenvalue weighted by molar-refractivity contribution is 6.39. The number of aromatic nitrogens is 3. The molecule has 0 radical (unpaired) electrons. The molecule has 3 aromatic rings. The van der Waals surface area contributed by atoms with Gasteiger partial charge >= 0.3 is 6.18 Å². The van der Waals surface area contributed by atoms with Crippen LogP contribution in [0.3, 0.4) is 0 Å². The summed E-state index contributed by atoms with van der Waals surface area (Å²) in [4.78, 5) is 36.8. The maximum atomic E-state index is 13.1. The molecule has 1 saturated carbocycles. The van der Waals surface area contributed by atoms with Crippen LogP contribution in [0.1, 0.15) is 62.4 Å². The number of rotatable bonds is 9. The first-order valence-electron chi connectivity index (χ1n) is 13.7. The summed E-state index contributed by atoms with van der Waals surface area (Å²) in [5, 5.41) is 8.87. The zero-order valence-corrected chi connectivity index (χ0v) is 25.5. The average Bonchev–Trinajstić information content (AvgIpc) is 3.33. The van der Waals surface area contributed by atoms with Crippen molar-refractivity contribution in [1.82, 2.24) is 25.6 Å². The fourth-order valence-corrected chi connectivity index (χ4v) is 5.16. The monoisotopic (exact) mass is 664 g/mol. The van der Waals surface area contributed by atoms with E-state index in [-0.39, 0.29) is 76.5 Å². The lowest BCUT2D eigenvalue weighted by molar-refractivity contribution is -0.182. The second-order valence-electron chi connectivity index (χ2n) is 11.5. The number of halogens is 7. The number of fused-ring (bicyclic) bond motifs is 1. The van der Waals surface area contributed by atoms with Crippen LogP contribution in [0, 0.1) is 11.3 Å². The van der Waals surface area contributed by atoms with Crippen LogP contribution in [0.4, 0.5) is 33.6 Å². The molecule has 2 heterocycles. The van der Waals surface area contributed by atoms with Gasteiger partial charge in [-0.05, 0) is 43.4 Å². The van der Waals surface area contributed by atoms with Gasteiger partial charge in [0.05, 0.1) is 21.7 Å². The van der Waals surface area contributed by atoms with Crippen molar-refractivity contribution in [1.29, 1.82) is 0 Å². The summed E-state index contributed by atoms with van der Waals surface area (Å²) in [6.07, 6.45) is -7.21. The third-order valence-electron chi connectivity index (χ3n) is 7.09. The summed E-state index contributed by atoms with van der Waals surface area (Å²) >= 11 is 13.0. The molecule has 1 aliphatic rings. The summed E-state index contributed by atoms with van der Waals surface area (Å²) < 4.78 is 70.1. The number of hydrogen-bond donors (Lipinski definition) is 4. The summed E-state index contributed by atoms with van der Waals surface area (Å²) in [5.74, 6) is -2.66. The van der Waals surface area contributed by atoms with Gasteiger partial charge in [-0.25, -0.2) is 13.8 Å². The number of pyridine rings is 1. The molecule has 4 rings (SSSR count). The van der Waals surface area contributed by atoms with Crippen LogP contribution in [-0.4, -0.2) is 52.0 Å². The van der Waals surface area contributed by atoms with E-state index >= 15 is 0 Å². The smallest absolute Gasteiger partial charge is 0.391 e. The number of imidazole rings is 1. The van der Waals surface area contributed by atoms with Gasteiger partial charge < -0.3 is 25.7 Å². The van der Waals surface area contributed by atoms with Crippen molar-refractivity contribution in [3.8, 4) is 5.88 Å². The second-order valence-corrected chi connectivity index (χ2v) is 12.3. The average molecular weight is 665 g/mol. The topological polar surface area (TPSA) is 121 Å². The van der Waals surface area contributed by atoms with E-state index in [0.29, 0.717) is 5.56 Å². The van der Waals surface area contributed by atoms with Crippen LogP contribution >= 0.6 is 23.2 Å². The van der Waals surface area contributed by atoms with Gasteiger partial charge in [0.1, 0.15) is 11.1 Å². The number of nitrogens with zero attached hydrogens (tertiary/aromatic N) is 2. The van der Waals surface area contributed by atoms with Crippen molar-refractivity contribution >= 4 is 57.8 Å². The number of hydrogen-bond acceptors (Lipinski definition) is 6. The number of H-pyrrole nitrogens is 1. The van der Waals surface area contributed by atoms with Gasteiger partial charge in [0.15, 0.2) is 12.3 Å². The Morgan fingerprint density at radius 2 is 1.77 bits per heavy atom. The molecule has 0 bridgehead atoms. The molecule has 16 heteroatoms. The molecule has 0 unspecified atom stereocenters. The molecule has 2 aromatic heterocycles. The van der Waals surface area contributed by atoms with E-state index in [1.54, 1.807) is 32.9 Å². The molecule has 2 amide bonds. The number of carbonyl (C=O) groups is 2. The minimum Gasteiger partial charge on any atom is -0.471 e. The lowest BCUT2D eigenvalue weighted by atomic mass is 9.85. The number of benzene rings is 1. The Kier molecular flexibility index (Phi) is 10.1. The first kappa shape index (κ1) is 33.5. The number of alkyl halides is 5. The molecule has 0 aliphatic heterocycles. The zero-order valence-electron chi connectivity index (χ0n) is 24.0. The lowest BCUT2D eigenvalue weighted by Crippen LogP contribution is -2.40. The normalized spacial score (nSPS) is 17.5. The van der Waals surface area contributed by atoms with Crippen LogP contribution in [-0.2, 0) is 11.3 Å². The molecule has 44 heavy (non-hydrogen) atoms. The highest BCUT2D eigenvalue weighted by atomic mass is 35.5. The molecule has 0 spiro atoms. The van der Waals surface area contributed by atoms with E-state index in [1.165, 1.54) is 6.07 Å². The van der Waals surface area contributed by atoms with Gasteiger partial charge in [0.2, 0.25) is 17.7 Å².